The van der Waals surface area contributed by atoms with Crippen LogP contribution in [0.25, 0.3) is 11.1 Å². The van der Waals surface area contributed by atoms with Crippen molar-refractivity contribution in [2.45, 2.75) is 26.7 Å². The van der Waals surface area contributed by atoms with Crippen LogP contribution < -0.4 is 9.80 Å². The summed E-state index contributed by atoms with van der Waals surface area (Å²) in [5, 5.41) is 0. The first-order valence-electron chi connectivity index (χ1n) is 16.0. The first kappa shape index (κ1) is 30.4. The number of nitrogens with zero attached hydrogens (tertiary/aromatic N) is 2. The molecule has 0 atom stereocenters. The molecule has 0 saturated heterocycles. The molecule has 0 heterocycles. The van der Waals surface area contributed by atoms with Gasteiger partial charge in [-0.3, -0.25) is 0 Å². The molecule has 0 bridgehead atoms. The number of hydrogen-bond donors (Lipinski definition) is 0. The molecule has 0 N–H and O–H groups in total. The average Bonchev–Trinajstić information content (AvgIpc) is 3.13. The fraction of sp³-hybridized carbons (Fsp3) is 0.0909. The topological polar surface area (TPSA) is 6.48 Å². The molecule has 0 fully saturated rings. The summed E-state index contributed by atoms with van der Waals surface area (Å²) in [5.74, 6) is 0. The lowest BCUT2D eigenvalue weighted by atomic mass is 10.0. The number of para-hydroxylation sites is 2. The molecule has 0 aliphatic carbocycles. The first-order chi connectivity index (χ1) is 22.7. The van der Waals surface area contributed by atoms with E-state index >= 15 is 0 Å². The van der Waals surface area contributed by atoms with Crippen LogP contribution in [0.5, 0.6) is 0 Å². The SMILES string of the molecule is CC=CCc1ccc(N(c2ccccc2)c2ccc(-c3ccc(N(c4ccccc4)c4ccc(CC=CC)cc4)cc3)cc2)cc1. The molecule has 0 aliphatic heterocycles. The average molecular weight is 597 g/mol. The summed E-state index contributed by atoms with van der Waals surface area (Å²) < 4.78 is 0. The fourth-order valence-corrected chi connectivity index (χ4v) is 5.72. The third-order valence-electron chi connectivity index (χ3n) is 8.18. The summed E-state index contributed by atoms with van der Waals surface area (Å²) in [6, 6.07) is 56.6. The second-order valence-corrected chi connectivity index (χ2v) is 11.3. The van der Waals surface area contributed by atoms with Gasteiger partial charge in [0.1, 0.15) is 0 Å². The van der Waals surface area contributed by atoms with Crippen molar-refractivity contribution in [1.82, 2.24) is 0 Å². The quantitative estimate of drug-likeness (QED) is 0.137. The minimum atomic E-state index is 0.946. The van der Waals surface area contributed by atoms with Gasteiger partial charge in [-0.25, -0.2) is 0 Å². The van der Waals surface area contributed by atoms with Gasteiger partial charge >= 0.3 is 0 Å². The van der Waals surface area contributed by atoms with Gasteiger partial charge < -0.3 is 9.80 Å². The second kappa shape index (κ2) is 14.9. The monoisotopic (exact) mass is 596 g/mol. The number of allylic oxidation sites excluding steroid dienone is 4. The van der Waals surface area contributed by atoms with Crippen molar-refractivity contribution in [2.24, 2.45) is 0 Å². The zero-order chi connectivity index (χ0) is 31.6. The lowest BCUT2D eigenvalue weighted by Crippen LogP contribution is -2.10. The maximum atomic E-state index is 2.31. The predicted octanol–water partition coefficient (Wildman–Crippen LogP) is 12.5. The van der Waals surface area contributed by atoms with Crippen LogP contribution in [-0.2, 0) is 12.8 Å². The minimum absolute atomic E-state index is 0.946. The highest BCUT2D eigenvalue weighted by Gasteiger charge is 2.14. The molecule has 0 unspecified atom stereocenters. The van der Waals surface area contributed by atoms with Gasteiger partial charge in [0, 0.05) is 34.1 Å². The Balaban J connectivity index is 1.27. The van der Waals surface area contributed by atoms with Crippen LogP contribution in [0.1, 0.15) is 25.0 Å². The molecule has 6 rings (SSSR count). The van der Waals surface area contributed by atoms with Crippen molar-refractivity contribution in [1.29, 1.82) is 0 Å². The van der Waals surface area contributed by atoms with Crippen LogP contribution in [0.4, 0.5) is 34.1 Å². The summed E-state index contributed by atoms with van der Waals surface area (Å²) in [4.78, 5) is 4.63. The van der Waals surface area contributed by atoms with Crippen molar-refractivity contribution in [3.05, 3.63) is 193 Å². The summed E-state index contributed by atoms with van der Waals surface area (Å²) in [7, 11) is 0. The highest BCUT2D eigenvalue weighted by atomic mass is 15.1. The fourth-order valence-electron chi connectivity index (χ4n) is 5.72. The largest absolute Gasteiger partial charge is 0.311 e. The van der Waals surface area contributed by atoms with Crippen molar-refractivity contribution >= 4 is 34.1 Å². The van der Waals surface area contributed by atoms with Crippen LogP contribution in [-0.4, -0.2) is 0 Å². The maximum Gasteiger partial charge on any atom is 0.0462 e. The van der Waals surface area contributed by atoms with E-state index in [9.17, 15) is 0 Å². The van der Waals surface area contributed by atoms with Gasteiger partial charge in [-0.1, -0.05) is 109 Å². The van der Waals surface area contributed by atoms with Gasteiger partial charge in [0.05, 0.1) is 0 Å². The Morgan fingerprint density at radius 3 is 0.935 bits per heavy atom. The Morgan fingerprint density at radius 1 is 0.348 bits per heavy atom. The van der Waals surface area contributed by atoms with E-state index in [0.29, 0.717) is 0 Å². The molecule has 0 saturated carbocycles. The number of benzene rings is 6. The lowest BCUT2D eigenvalue weighted by Gasteiger charge is -2.26. The third kappa shape index (κ3) is 7.20. The number of anilines is 6. The molecule has 6 aromatic carbocycles. The Bertz CT molecular complexity index is 1710. The standard InChI is InChI=1S/C44H40N2/c1-3-5-13-35-19-27-41(28-20-35)45(39-15-9-7-10-16-39)43-31-23-37(24-32-43)38-25-33-44(34-26-38)46(40-17-11-8-12-18-40)42-29-21-36(22-30-42)14-6-4-2/h3-12,15-34H,13-14H2,1-2H3. The van der Waals surface area contributed by atoms with Gasteiger partial charge in [-0.2, -0.15) is 0 Å². The Hall–Kier alpha value is -5.60. The van der Waals surface area contributed by atoms with E-state index in [2.05, 4.69) is 206 Å². The summed E-state index contributed by atoms with van der Waals surface area (Å²) >= 11 is 0. The summed E-state index contributed by atoms with van der Waals surface area (Å²) in [6.45, 7) is 4.13. The molecule has 0 radical (unpaired) electrons. The van der Waals surface area contributed by atoms with Crippen LogP contribution in [0.2, 0.25) is 0 Å². The highest BCUT2D eigenvalue weighted by molar-refractivity contribution is 5.80. The van der Waals surface area contributed by atoms with Crippen LogP contribution >= 0.6 is 0 Å². The smallest absolute Gasteiger partial charge is 0.0462 e. The van der Waals surface area contributed by atoms with Gasteiger partial charge in [-0.15, -0.1) is 0 Å². The molecular formula is C44H40N2. The molecule has 226 valence electrons. The normalized spacial score (nSPS) is 11.3. The first-order valence-corrected chi connectivity index (χ1v) is 16.0. The zero-order valence-electron chi connectivity index (χ0n) is 26.6. The lowest BCUT2D eigenvalue weighted by molar-refractivity contribution is 1.23. The van der Waals surface area contributed by atoms with Gasteiger partial charge in [0.15, 0.2) is 0 Å². The summed E-state index contributed by atoms with van der Waals surface area (Å²) in [5.41, 5.74) is 11.8. The second-order valence-electron chi connectivity index (χ2n) is 11.3. The van der Waals surface area contributed by atoms with Crippen molar-refractivity contribution < 1.29 is 0 Å². The van der Waals surface area contributed by atoms with Gasteiger partial charge in [0.2, 0.25) is 0 Å². The van der Waals surface area contributed by atoms with E-state index in [-0.39, 0.29) is 0 Å². The highest BCUT2D eigenvalue weighted by Crippen LogP contribution is 2.38. The van der Waals surface area contributed by atoms with E-state index in [1.165, 1.54) is 22.3 Å². The number of hydrogen-bond acceptors (Lipinski definition) is 2. The molecule has 6 aromatic rings. The van der Waals surface area contributed by atoms with E-state index in [1.54, 1.807) is 0 Å². The summed E-state index contributed by atoms with van der Waals surface area (Å²) in [6.07, 6.45) is 10.5. The molecule has 0 amide bonds. The van der Waals surface area contributed by atoms with E-state index < -0.39 is 0 Å². The van der Waals surface area contributed by atoms with E-state index in [1.807, 2.05) is 0 Å². The third-order valence-corrected chi connectivity index (χ3v) is 8.18. The van der Waals surface area contributed by atoms with Crippen molar-refractivity contribution in [2.75, 3.05) is 9.80 Å². The molecular weight excluding hydrogens is 556 g/mol. The Kier molecular flexibility index (Phi) is 9.87. The molecule has 0 spiro atoms. The molecule has 46 heavy (non-hydrogen) atoms. The van der Waals surface area contributed by atoms with Crippen LogP contribution in [0, 0.1) is 0 Å². The Morgan fingerprint density at radius 2 is 0.630 bits per heavy atom. The molecule has 2 heteroatoms. The van der Waals surface area contributed by atoms with Crippen LogP contribution in [0.3, 0.4) is 0 Å². The van der Waals surface area contributed by atoms with Crippen molar-refractivity contribution in [3.63, 3.8) is 0 Å². The molecule has 0 aliphatic rings. The number of rotatable bonds is 11. The van der Waals surface area contributed by atoms with Crippen LogP contribution in [0.15, 0.2) is 182 Å². The van der Waals surface area contributed by atoms with E-state index in [4.69, 9.17) is 0 Å². The van der Waals surface area contributed by atoms with E-state index in [0.717, 1.165) is 47.0 Å². The molecule has 2 nitrogen and oxygen atoms in total. The predicted molar refractivity (Wildman–Crippen MR) is 198 cm³/mol. The minimum Gasteiger partial charge on any atom is -0.311 e. The maximum absolute atomic E-state index is 2.31. The molecule has 0 aromatic heterocycles. The van der Waals surface area contributed by atoms with Gasteiger partial charge in [-0.05, 0) is 122 Å². The van der Waals surface area contributed by atoms with Crippen molar-refractivity contribution in [3.8, 4) is 11.1 Å². The zero-order valence-corrected chi connectivity index (χ0v) is 26.6. The Labute approximate surface area is 274 Å². The van der Waals surface area contributed by atoms with Gasteiger partial charge in [0.25, 0.3) is 0 Å².